The average Bonchev–Trinajstić information content (AvgIpc) is 3.56. The van der Waals surface area contributed by atoms with E-state index in [2.05, 4.69) is 51.3 Å². The van der Waals surface area contributed by atoms with Crippen molar-refractivity contribution in [2.75, 3.05) is 39.3 Å². The predicted octanol–water partition coefficient (Wildman–Crippen LogP) is 4.98. The smallest absolute Gasteiger partial charge is 0.321 e. The monoisotopic (exact) mass is 567 g/mol. The second-order valence-electron chi connectivity index (χ2n) is 11.5. The summed E-state index contributed by atoms with van der Waals surface area (Å²) >= 11 is 6.02. The van der Waals surface area contributed by atoms with Crippen LogP contribution in [0.4, 0.5) is 4.79 Å². The first-order valence-electron chi connectivity index (χ1n) is 14.7. The second kappa shape index (κ2) is 12.9. The van der Waals surface area contributed by atoms with Crippen molar-refractivity contribution in [3.63, 3.8) is 0 Å². The fourth-order valence-electron chi connectivity index (χ4n) is 6.61. The van der Waals surface area contributed by atoms with Gasteiger partial charge in [0.05, 0.1) is 23.4 Å². The molecule has 0 spiro atoms. The average molecular weight is 568 g/mol. The van der Waals surface area contributed by atoms with Crippen LogP contribution in [-0.4, -0.2) is 89.1 Å². The maximum atomic E-state index is 13.7. The number of carbonyl (C=O) groups is 2. The standard InChI is InChI=1S/C31H42ClN5O3/c1-21-18-28(32)34-23(3)29(21)30(38)33-14-11-22(2)35-15-12-25(13-16-35)37-27(24-8-5-4-6-9-24)20-36(31(37)39)19-26-10-7-17-40-26/h4-6,8-9,18,22,25-27H,7,10-17,19-20H2,1-3H3,(H,33,38)/t22?,26-,27?/m1/s1. The number of likely N-dealkylation sites (tertiary alicyclic amines) is 1. The van der Waals surface area contributed by atoms with Gasteiger partial charge in [0.2, 0.25) is 0 Å². The van der Waals surface area contributed by atoms with E-state index in [1.807, 2.05) is 24.8 Å². The molecule has 1 N–H and O–H groups in total. The molecule has 3 atom stereocenters. The summed E-state index contributed by atoms with van der Waals surface area (Å²) in [7, 11) is 0. The number of urea groups is 1. The van der Waals surface area contributed by atoms with Gasteiger partial charge >= 0.3 is 6.03 Å². The third-order valence-electron chi connectivity index (χ3n) is 8.81. The van der Waals surface area contributed by atoms with Crippen LogP contribution in [0.5, 0.6) is 0 Å². The van der Waals surface area contributed by atoms with E-state index in [0.717, 1.165) is 63.9 Å². The number of aryl methyl sites for hydroxylation is 2. The lowest BCUT2D eigenvalue weighted by Gasteiger charge is -2.41. The van der Waals surface area contributed by atoms with E-state index in [1.165, 1.54) is 5.56 Å². The van der Waals surface area contributed by atoms with Crippen LogP contribution in [0.15, 0.2) is 36.4 Å². The van der Waals surface area contributed by atoms with Gasteiger partial charge in [-0.25, -0.2) is 9.78 Å². The molecule has 3 amide bonds. The zero-order chi connectivity index (χ0) is 28.2. The van der Waals surface area contributed by atoms with Gasteiger partial charge in [0.15, 0.2) is 0 Å². The summed E-state index contributed by atoms with van der Waals surface area (Å²) in [5.41, 5.74) is 3.30. The van der Waals surface area contributed by atoms with Crippen LogP contribution < -0.4 is 5.32 Å². The van der Waals surface area contributed by atoms with Crippen molar-refractivity contribution >= 4 is 23.5 Å². The summed E-state index contributed by atoms with van der Waals surface area (Å²) in [4.78, 5) is 37.4. The maximum Gasteiger partial charge on any atom is 0.321 e. The fraction of sp³-hybridized carbons (Fsp3) is 0.581. The van der Waals surface area contributed by atoms with Gasteiger partial charge in [-0.3, -0.25) is 4.79 Å². The van der Waals surface area contributed by atoms with Crippen LogP contribution >= 0.6 is 11.6 Å². The minimum atomic E-state index is -0.0999. The van der Waals surface area contributed by atoms with Gasteiger partial charge in [-0.2, -0.15) is 0 Å². The number of nitrogens with one attached hydrogen (secondary N) is 1. The van der Waals surface area contributed by atoms with Crippen molar-refractivity contribution in [1.29, 1.82) is 0 Å². The van der Waals surface area contributed by atoms with Gasteiger partial charge in [0, 0.05) is 51.4 Å². The minimum Gasteiger partial charge on any atom is -0.376 e. The molecule has 9 heteroatoms. The Morgan fingerprint density at radius 1 is 1.18 bits per heavy atom. The van der Waals surface area contributed by atoms with E-state index in [0.29, 0.717) is 35.5 Å². The van der Waals surface area contributed by atoms with Crippen molar-refractivity contribution in [3.8, 4) is 0 Å². The van der Waals surface area contributed by atoms with Crippen molar-refractivity contribution < 1.29 is 14.3 Å². The summed E-state index contributed by atoms with van der Waals surface area (Å²) < 4.78 is 5.86. The number of piperidine rings is 1. The molecular weight excluding hydrogens is 526 g/mol. The number of benzene rings is 1. The molecule has 4 heterocycles. The SMILES string of the molecule is Cc1cc(Cl)nc(C)c1C(=O)NCCC(C)N1CCC(N2C(=O)N(C[C@H]3CCCO3)CC2c2ccccc2)CC1. The molecule has 3 fully saturated rings. The highest BCUT2D eigenvalue weighted by Gasteiger charge is 2.43. The molecule has 3 saturated heterocycles. The molecule has 3 aliphatic rings. The third kappa shape index (κ3) is 6.45. The molecule has 8 nitrogen and oxygen atoms in total. The van der Waals surface area contributed by atoms with Gasteiger partial charge in [-0.05, 0) is 70.1 Å². The first kappa shape index (κ1) is 28.8. The molecule has 1 aromatic carbocycles. The van der Waals surface area contributed by atoms with Crippen molar-refractivity contribution in [3.05, 3.63) is 63.9 Å². The number of halogens is 1. The number of nitrogens with zero attached hydrogens (tertiary/aromatic N) is 4. The molecule has 0 bridgehead atoms. The molecule has 0 radical (unpaired) electrons. The first-order chi connectivity index (χ1) is 19.3. The highest BCUT2D eigenvalue weighted by Crippen LogP contribution is 2.35. The third-order valence-corrected chi connectivity index (χ3v) is 9.00. The van der Waals surface area contributed by atoms with Gasteiger partial charge in [-0.1, -0.05) is 41.9 Å². The first-order valence-corrected chi connectivity index (χ1v) is 15.1. The molecule has 216 valence electrons. The topological polar surface area (TPSA) is 78.0 Å². The van der Waals surface area contributed by atoms with Crippen LogP contribution in [0.3, 0.4) is 0 Å². The van der Waals surface area contributed by atoms with E-state index < -0.39 is 0 Å². The highest BCUT2D eigenvalue weighted by atomic mass is 35.5. The van der Waals surface area contributed by atoms with Crippen LogP contribution in [0, 0.1) is 13.8 Å². The Kier molecular flexibility index (Phi) is 9.28. The number of rotatable bonds is 9. The summed E-state index contributed by atoms with van der Waals surface area (Å²) in [6.07, 6.45) is 5.04. The van der Waals surface area contributed by atoms with Crippen molar-refractivity contribution in [1.82, 2.24) is 25.0 Å². The number of aromatic nitrogens is 1. The summed E-state index contributed by atoms with van der Waals surface area (Å²) in [6, 6.07) is 13.0. The second-order valence-corrected chi connectivity index (χ2v) is 11.9. The molecule has 2 unspecified atom stereocenters. The number of ether oxygens (including phenoxy) is 1. The van der Waals surface area contributed by atoms with E-state index in [4.69, 9.17) is 16.3 Å². The zero-order valence-electron chi connectivity index (χ0n) is 23.9. The Bertz CT molecular complexity index is 1160. The number of pyridine rings is 1. The number of hydrogen-bond donors (Lipinski definition) is 1. The lowest BCUT2D eigenvalue weighted by molar-refractivity contribution is 0.0792. The van der Waals surface area contributed by atoms with Crippen molar-refractivity contribution in [2.45, 2.75) is 77.1 Å². The molecule has 0 aliphatic carbocycles. The van der Waals surface area contributed by atoms with Crippen LogP contribution in [0.25, 0.3) is 0 Å². The van der Waals surface area contributed by atoms with Gasteiger partial charge in [-0.15, -0.1) is 0 Å². The predicted molar refractivity (Wildman–Crippen MR) is 157 cm³/mol. The normalized spacial score (nSPS) is 23.1. The van der Waals surface area contributed by atoms with Crippen LogP contribution in [0.1, 0.15) is 72.2 Å². The van der Waals surface area contributed by atoms with E-state index in [9.17, 15) is 9.59 Å². The molecule has 40 heavy (non-hydrogen) atoms. The Morgan fingerprint density at radius 3 is 2.60 bits per heavy atom. The molecule has 3 aliphatic heterocycles. The van der Waals surface area contributed by atoms with Gasteiger partial charge < -0.3 is 24.8 Å². The lowest BCUT2D eigenvalue weighted by atomic mass is 9.98. The molecule has 0 saturated carbocycles. The Hall–Kier alpha value is -2.68. The fourth-order valence-corrected chi connectivity index (χ4v) is 6.90. The van der Waals surface area contributed by atoms with E-state index in [1.54, 1.807) is 6.07 Å². The summed E-state index contributed by atoms with van der Waals surface area (Å²) in [5, 5.41) is 3.48. The Morgan fingerprint density at radius 2 is 1.93 bits per heavy atom. The van der Waals surface area contributed by atoms with E-state index >= 15 is 0 Å². The van der Waals surface area contributed by atoms with Gasteiger partial charge in [0.25, 0.3) is 5.91 Å². The zero-order valence-corrected chi connectivity index (χ0v) is 24.7. The molecule has 5 rings (SSSR count). The van der Waals surface area contributed by atoms with Crippen molar-refractivity contribution in [2.24, 2.45) is 0 Å². The minimum absolute atomic E-state index is 0.0774. The number of carbonyl (C=O) groups excluding carboxylic acids is 2. The van der Waals surface area contributed by atoms with Gasteiger partial charge in [0.1, 0.15) is 5.15 Å². The highest BCUT2D eigenvalue weighted by molar-refractivity contribution is 6.29. The summed E-state index contributed by atoms with van der Waals surface area (Å²) in [5.74, 6) is -0.0999. The quantitative estimate of drug-likeness (QED) is 0.432. The lowest BCUT2D eigenvalue weighted by Crippen LogP contribution is -2.49. The Balaban J connectivity index is 1.15. The molecule has 1 aromatic heterocycles. The molecule has 2 aromatic rings. The largest absolute Gasteiger partial charge is 0.376 e. The summed E-state index contributed by atoms with van der Waals surface area (Å²) in [6.45, 7) is 10.6. The maximum absolute atomic E-state index is 13.7. The Labute approximate surface area is 243 Å². The number of amides is 3. The van der Waals surface area contributed by atoms with Crippen LogP contribution in [0.2, 0.25) is 5.15 Å². The number of hydrogen-bond acceptors (Lipinski definition) is 5. The van der Waals surface area contributed by atoms with Crippen LogP contribution in [-0.2, 0) is 4.74 Å². The molecular formula is C31H42ClN5O3. The van der Waals surface area contributed by atoms with E-state index in [-0.39, 0.29) is 30.1 Å².